The van der Waals surface area contributed by atoms with Crippen LogP contribution in [0.2, 0.25) is 0 Å². The van der Waals surface area contributed by atoms with Crippen LogP contribution in [0, 0.1) is 0 Å². The Morgan fingerprint density at radius 2 is 1.32 bits per heavy atom. The molecule has 3 rings (SSSR count). The predicted molar refractivity (Wildman–Crippen MR) is 111 cm³/mol. The first-order chi connectivity index (χ1) is 16.9. The molecule has 2 atom stereocenters. The number of urea groups is 1. The highest BCUT2D eigenvalue weighted by atomic mass is 19.4. The Hall–Kier alpha value is -3.65. The van der Waals surface area contributed by atoms with Crippen molar-refractivity contribution in [2.45, 2.75) is 36.9 Å². The molecule has 202 valence electrons. The summed E-state index contributed by atoms with van der Waals surface area (Å²) >= 11 is 0. The van der Waals surface area contributed by atoms with Gasteiger partial charge in [0.25, 0.3) is 0 Å². The molecule has 0 unspecified atom stereocenters. The number of nitrogens with zero attached hydrogens (tertiary/aromatic N) is 1. The topological polar surface area (TPSA) is 81.7 Å². The third-order valence-electron chi connectivity index (χ3n) is 5.71. The smallest absolute Gasteiger partial charge is 0.416 e. The summed E-state index contributed by atoms with van der Waals surface area (Å²) in [4.78, 5) is 24.9. The molecule has 0 spiro atoms. The van der Waals surface area contributed by atoms with Crippen LogP contribution >= 0.6 is 0 Å². The van der Waals surface area contributed by atoms with Crippen LogP contribution in [0.4, 0.5) is 54.8 Å². The number of rotatable bonds is 3. The van der Waals surface area contributed by atoms with E-state index in [2.05, 4.69) is 5.32 Å². The average molecular weight is 543 g/mol. The Labute approximate surface area is 203 Å². The number of hydrogen-bond acceptors (Lipinski definition) is 2. The Morgan fingerprint density at radius 1 is 0.811 bits per heavy atom. The van der Waals surface area contributed by atoms with Crippen LogP contribution in [-0.2, 0) is 18.5 Å². The van der Waals surface area contributed by atoms with Crippen LogP contribution in [0.15, 0.2) is 42.5 Å². The van der Waals surface area contributed by atoms with Crippen molar-refractivity contribution in [2.24, 2.45) is 0 Å². The summed E-state index contributed by atoms with van der Waals surface area (Å²) in [6, 6.07) is 2.19. The Bertz CT molecular complexity index is 1110. The van der Waals surface area contributed by atoms with Gasteiger partial charge in [0, 0.05) is 30.7 Å². The van der Waals surface area contributed by atoms with E-state index in [1.807, 2.05) is 5.32 Å². The molecule has 0 aliphatic carbocycles. The molecule has 1 aliphatic heterocycles. The van der Waals surface area contributed by atoms with Crippen molar-refractivity contribution < 1.29 is 54.2 Å². The second-order valence-electron chi connectivity index (χ2n) is 8.24. The van der Waals surface area contributed by atoms with Gasteiger partial charge >= 0.3 is 30.7 Å². The second-order valence-corrected chi connectivity index (χ2v) is 8.24. The molecule has 37 heavy (non-hydrogen) atoms. The molecule has 1 aliphatic rings. The third-order valence-corrected chi connectivity index (χ3v) is 5.71. The molecule has 3 N–H and O–H groups in total. The van der Waals surface area contributed by atoms with E-state index in [1.165, 1.54) is 0 Å². The number of amides is 3. The summed E-state index contributed by atoms with van der Waals surface area (Å²) in [7, 11) is 0. The molecule has 0 radical (unpaired) electrons. The quantitative estimate of drug-likeness (QED) is 0.392. The molecule has 15 heteroatoms. The fraction of sp³-hybridized carbons (Fsp3) is 0.364. The average Bonchev–Trinajstić information content (AvgIpc) is 2.77. The maximum atomic E-state index is 13.1. The number of piperidine rings is 1. The fourth-order valence-electron chi connectivity index (χ4n) is 3.92. The largest absolute Gasteiger partial charge is 0.465 e. The van der Waals surface area contributed by atoms with Crippen LogP contribution in [-0.4, -0.2) is 41.3 Å². The van der Waals surface area contributed by atoms with Gasteiger partial charge in [0.2, 0.25) is 0 Å². The van der Waals surface area contributed by atoms with Crippen LogP contribution in [0.5, 0.6) is 0 Å². The number of halogens is 9. The minimum Gasteiger partial charge on any atom is -0.465 e. The van der Waals surface area contributed by atoms with E-state index < -0.39 is 65.0 Å². The maximum Gasteiger partial charge on any atom is 0.416 e. The molecule has 1 heterocycles. The maximum absolute atomic E-state index is 13.1. The Morgan fingerprint density at radius 3 is 1.78 bits per heavy atom. The summed E-state index contributed by atoms with van der Waals surface area (Å²) in [5, 5.41) is 13.6. The van der Waals surface area contributed by atoms with Gasteiger partial charge in [0.1, 0.15) is 0 Å². The van der Waals surface area contributed by atoms with Crippen molar-refractivity contribution in [1.29, 1.82) is 0 Å². The Kier molecular flexibility index (Phi) is 7.56. The van der Waals surface area contributed by atoms with Gasteiger partial charge in [0.05, 0.1) is 16.7 Å². The highest BCUT2D eigenvalue weighted by Gasteiger charge is 2.38. The van der Waals surface area contributed by atoms with E-state index in [9.17, 15) is 54.2 Å². The minimum atomic E-state index is -5.13. The summed E-state index contributed by atoms with van der Waals surface area (Å²) in [5.41, 5.74) is -4.81. The molecule has 2 aromatic rings. The summed E-state index contributed by atoms with van der Waals surface area (Å²) < 4.78 is 117. The van der Waals surface area contributed by atoms with Crippen molar-refractivity contribution in [1.82, 2.24) is 10.2 Å². The molecule has 2 aromatic carbocycles. The van der Waals surface area contributed by atoms with Gasteiger partial charge in [-0.1, -0.05) is 12.1 Å². The van der Waals surface area contributed by atoms with E-state index in [0.29, 0.717) is 12.1 Å². The zero-order valence-corrected chi connectivity index (χ0v) is 18.4. The van der Waals surface area contributed by atoms with Gasteiger partial charge in [-0.05, 0) is 42.3 Å². The number of carbonyl (C=O) groups is 2. The number of nitrogens with one attached hydrogen (secondary N) is 2. The predicted octanol–water partition coefficient (Wildman–Crippen LogP) is 6.40. The zero-order valence-electron chi connectivity index (χ0n) is 18.4. The van der Waals surface area contributed by atoms with Crippen LogP contribution in [0.25, 0.3) is 0 Å². The van der Waals surface area contributed by atoms with Gasteiger partial charge in [-0.25, -0.2) is 9.59 Å². The van der Waals surface area contributed by atoms with E-state index in [-0.39, 0.29) is 31.1 Å². The third kappa shape index (κ3) is 6.98. The lowest BCUT2D eigenvalue weighted by Crippen LogP contribution is -2.51. The summed E-state index contributed by atoms with van der Waals surface area (Å²) in [5.74, 6) is -0.856. The van der Waals surface area contributed by atoms with Crippen molar-refractivity contribution in [3.8, 4) is 0 Å². The van der Waals surface area contributed by atoms with E-state index in [0.717, 1.165) is 29.2 Å². The number of carbonyl (C=O) groups excluding carboxylic acids is 1. The lowest BCUT2D eigenvalue weighted by Gasteiger charge is -2.38. The number of carboxylic acid groups (broad SMARTS) is 1. The van der Waals surface area contributed by atoms with Gasteiger partial charge < -0.3 is 20.6 Å². The lowest BCUT2D eigenvalue weighted by molar-refractivity contribution is -0.143. The van der Waals surface area contributed by atoms with Crippen molar-refractivity contribution in [2.75, 3.05) is 18.4 Å². The molecule has 1 saturated heterocycles. The molecular weight excluding hydrogens is 525 g/mol. The van der Waals surface area contributed by atoms with Gasteiger partial charge in [0.15, 0.2) is 0 Å². The SMILES string of the molecule is O=C(Nc1cc(C(F)(F)F)cc(C(F)(F)F)c1)N[C@@H]1CCN(C(=O)O)C[C@H]1c1ccc(C(F)(F)F)cc1. The highest BCUT2D eigenvalue weighted by molar-refractivity contribution is 5.89. The van der Waals surface area contributed by atoms with E-state index in [4.69, 9.17) is 0 Å². The highest BCUT2D eigenvalue weighted by Crippen LogP contribution is 2.38. The van der Waals surface area contributed by atoms with Crippen molar-refractivity contribution in [3.63, 3.8) is 0 Å². The molecule has 1 fully saturated rings. The van der Waals surface area contributed by atoms with Crippen LogP contribution in [0.3, 0.4) is 0 Å². The minimum absolute atomic E-state index is 0.0260. The van der Waals surface area contributed by atoms with Gasteiger partial charge in [-0.3, -0.25) is 0 Å². The first-order valence-electron chi connectivity index (χ1n) is 10.5. The number of likely N-dealkylation sites (tertiary alicyclic amines) is 1. The standard InChI is InChI=1S/C22H18F9N3O3/c23-20(24,25)12-3-1-11(2-4-12)16-10-34(19(36)37)6-5-17(16)33-18(35)32-15-8-13(21(26,27)28)7-14(9-15)22(29,30)31/h1-4,7-9,16-17H,5-6,10H2,(H,36,37)(H2,32,33,35)/t16-,17+/m0/s1. The molecular formula is C22H18F9N3O3. The lowest BCUT2D eigenvalue weighted by atomic mass is 9.85. The number of anilines is 1. The van der Waals surface area contributed by atoms with Gasteiger partial charge in [-0.2, -0.15) is 39.5 Å². The Balaban J connectivity index is 1.84. The summed E-state index contributed by atoms with van der Waals surface area (Å²) in [6.45, 7) is -0.313. The number of hydrogen-bond donors (Lipinski definition) is 3. The van der Waals surface area contributed by atoms with E-state index in [1.54, 1.807) is 0 Å². The monoisotopic (exact) mass is 543 g/mol. The summed E-state index contributed by atoms with van der Waals surface area (Å²) in [6.07, 6.45) is -16.2. The molecule has 6 nitrogen and oxygen atoms in total. The number of benzene rings is 2. The molecule has 0 bridgehead atoms. The van der Waals surface area contributed by atoms with Crippen molar-refractivity contribution >= 4 is 17.8 Å². The number of alkyl halides is 9. The van der Waals surface area contributed by atoms with Crippen molar-refractivity contribution in [3.05, 3.63) is 64.7 Å². The molecule has 0 aromatic heterocycles. The fourth-order valence-corrected chi connectivity index (χ4v) is 3.92. The van der Waals surface area contributed by atoms with E-state index >= 15 is 0 Å². The van der Waals surface area contributed by atoms with Gasteiger partial charge in [-0.15, -0.1) is 0 Å². The normalized spacial score (nSPS) is 18.9. The molecule has 0 saturated carbocycles. The molecule has 3 amide bonds. The zero-order chi connectivity index (χ0) is 27.8. The van der Waals surface area contributed by atoms with Crippen LogP contribution < -0.4 is 10.6 Å². The van der Waals surface area contributed by atoms with Crippen LogP contribution in [0.1, 0.15) is 34.6 Å². The first kappa shape index (κ1) is 27.9. The first-order valence-corrected chi connectivity index (χ1v) is 10.5. The second kappa shape index (κ2) is 10.0.